The molecule has 9 nitrogen and oxygen atoms in total. The van der Waals surface area contributed by atoms with Gasteiger partial charge in [0.05, 0.1) is 18.4 Å². The van der Waals surface area contributed by atoms with E-state index in [9.17, 15) is 4.79 Å². The van der Waals surface area contributed by atoms with Crippen LogP contribution in [0.3, 0.4) is 0 Å². The van der Waals surface area contributed by atoms with E-state index in [0.717, 1.165) is 47.3 Å². The highest BCUT2D eigenvalue weighted by Crippen LogP contribution is 2.37. The van der Waals surface area contributed by atoms with Crippen LogP contribution in [0.25, 0.3) is 22.5 Å². The maximum atomic E-state index is 12.7. The Morgan fingerprint density at radius 1 is 0.976 bits per heavy atom. The smallest absolute Gasteiger partial charge is 0.338 e. The van der Waals surface area contributed by atoms with Crippen molar-refractivity contribution in [3.05, 3.63) is 106 Å². The van der Waals surface area contributed by atoms with Gasteiger partial charge in [-0.2, -0.15) is 5.21 Å². The van der Waals surface area contributed by atoms with Crippen molar-refractivity contribution in [1.29, 1.82) is 0 Å². The van der Waals surface area contributed by atoms with Gasteiger partial charge in [-0.05, 0) is 34.4 Å². The molecule has 10 heteroatoms. The number of methoxy groups -OCH3 is 2. The molecule has 0 bridgehead atoms. The molecule has 0 saturated heterocycles. The summed E-state index contributed by atoms with van der Waals surface area (Å²) < 4.78 is 13.2. The van der Waals surface area contributed by atoms with E-state index in [1.165, 1.54) is 7.11 Å². The normalized spacial score (nSPS) is 11.9. The van der Waals surface area contributed by atoms with Crippen molar-refractivity contribution in [2.45, 2.75) is 38.8 Å². The molecular formula is C31H31ClN6O3. The number of hydrogen-bond acceptors (Lipinski definition) is 7. The molecule has 0 fully saturated rings. The lowest BCUT2D eigenvalue weighted by Gasteiger charge is -2.22. The summed E-state index contributed by atoms with van der Waals surface area (Å²) in [5.41, 5.74) is 5.66. The summed E-state index contributed by atoms with van der Waals surface area (Å²) in [6, 6.07) is 23.4. The van der Waals surface area contributed by atoms with Crippen LogP contribution in [0.1, 0.15) is 58.9 Å². The van der Waals surface area contributed by atoms with Crippen LogP contribution in [0.15, 0.2) is 72.8 Å². The Bertz CT molecular complexity index is 1630. The molecule has 0 radical (unpaired) electrons. The van der Waals surface area contributed by atoms with Crippen molar-refractivity contribution in [3.8, 4) is 22.5 Å². The zero-order chi connectivity index (χ0) is 28.8. The van der Waals surface area contributed by atoms with Crippen LogP contribution >= 0.6 is 11.6 Å². The average Bonchev–Trinajstić information content (AvgIpc) is 3.65. The summed E-state index contributed by atoms with van der Waals surface area (Å²) in [7, 11) is 2.97. The number of rotatable bonds is 11. The van der Waals surface area contributed by atoms with Crippen LogP contribution in [-0.4, -0.2) is 50.4 Å². The minimum Gasteiger partial charge on any atom is -0.465 e. The number of benzene rings is 3. The standard InChI is InChI=1S/C31H31ClN6O3/c1-4-5-18-26-33-29(32)27(28(40-2)23-15-9-11-17-25(23)31(39)41-3)38(26)19-20-12-6-7-13-21(20)22-14-8-10-16-24(22)30-34-36-37-35-30/h6-17,28H,4-5,18-19H2,1-3H3,(H,34,35,36,37). The Hall–Kier alpha value is -4.34. The van der Waals surface area contributed by atoms with Crippen molar-refractivity contribution in [3.63, 3.8) is 0 Å². The average molecular weight is 571 g/mol. The monoisotopic (exact) mass is 570 g/mol. The first-order valence-corrected chi connectivity index (χ1v) is 13.8. The van der Waals surface area contributed by atoms with Crippen molar-refractivity contribution in [2.24, 2.45) is 0 Å². The predicted molar refractivity (Wildman–Crippen MR) is 157 cm³/mol. The lowest BCUT2D eigenvalue weighted by Crippen LogP contribution is -2.17. The Morgan fingerprint density at radius 3 is 2.39 bits per heavy atom. The molecule has 1 atom stereocenters. The number of nitrogens with zero attached hydrogens (tertiary/aromatic N) is 5. The number of nitrogens with one attached hydrogen (secondary N) is 1. The Morgan fingerprint density at radius 2 is 1.68 bits per heavy atom. The Labute approximate surface area is 243 Å². The summed E-state index contributed by atoms with van der Waals surface area (Å²) in [6.45, 7) is 2.62. The molecule has 0 spiro atoms. The van der Waals surface area contributed by atoms with E-state index in [1.54, 1.807) is 19.2 Å². The SMILES string of the molecule is CCCCc1nc(Cl)c(C(OC)c2ccccc2C(=O)OC)n1Cc1ccccc1-c1ccccc1-c1nn[nH]n1. The molecule has 0 saturated carbocycles. The molecule has 1 N–H and O–H groups in total. The zero-order valence-electron chi connectivity index (χ0n) is 23.2. The molecule has 2 aromatic heterocycles. The fourth-order valence-electron chi connectivity index (χ4n) is 5.12. The number of halogens is 1. The van der Waals surface area contributed by atoms with Crippen LogP contribution < -0.4 is 0 Å². The van der Waals surface area contributed by atoms with Gasteiger partial charge >= 0.3 is 5.97 Å². The van der Waals surface area contributed by atoms with E-state index < -0.39 is 12.1 Å². The van der Waals surface area contributed by atoms with Gasteiger partial charge in [-0.1, -0.05) is 91.7 Å². The lowest BCUT2D eigenvalue weighted by molar-refractivity contribution is 0.0591. The third-order valence-electron chi connectivity index (χ3n) is 7.08. The maximum Gasteiger partial charge on any atom is 0.338 e. The van der Waals surface area contributed by atoms with Crippen LogP contribution in [0.2, 0.25) is 5.15 Å². The third kappa shape index (κ3) is 5.77. The van der Waals surface area contributed by atoms with Crippen molar-refractivity contribution < 1.29 is 14.3 Å². The second-order valence-electron chi connectivity index (χ2n) is 9.53. The van der Waals surface area contributed by atoms with E-state index in [-0.39, 0.29) is 0 Å². The maximum absolute atomic E-state index is 12.7. The summed E-state index contributed by atoms with van der Waals surface area (Å²) in [5.74, 6) is 0.925. The van der Waals surface area contributed by atoms with Crippen molar-refractivity contribution >= 4 is 17.6 Å². The lowest BCUT2D eigenvalue weighted by atomic mass is 9.94. The fourth-order valence-corrected chi connectivity index (χ4v) is 5.42. The largest absolute Gasteiger partial charge is 0.465 e. The molecule has 5 aromatic rings. The van der Waals surface area contributed by atoms with E-state index in [2.05, 4.69) is 50.3 Å². The number of carbonyl (C=O) groups excluding carboxylic acids is 1. The quantitative estimate of drug-likeness (QED) is 0.186. The molecular weight excluding hydrogens is 540 g/mol. The number of imidazole rings is 1. The summed E-state index contributed by atoms with van der Waals surface area (Å²) in [5, 5.41) is 15.1. The highest BCUT2D eigenvalue weighted by atomic mass is 35.5. The van der Waals surface area contributed by atoms with E-state index in [4.69, 9.17) is 26.1 Å². The zero-order valence-corrected chi connectivity index (χ0v) is 23.9. The molecule has 2 heterocycles. The van der Waals surface area contributed by atoms with E-state index >= 15 is 0 Å². The van der Waals surface area contributed by atoms with Crippen LogP contribution in [0.4, 0.5) is 0 Å². The number of tetrazole rings is 1. The minimum absolute atomic E-state index is 0.340. The molecule has 0 aliphatic heterocycles. The number of aryl methyl sites for hydroxylation is 1. The first-order valence-electron chi connectivity index (χ1n) is 13.4. The first-order chi connectivity index (χ1) is 20.1. The minimum atomic E-state index is -0.653. The number of unbranched alkanes of at least 4 members (excludes halogenated alkanes) is 1. The number of aromatic amines is 1. The van der Waals surface area contributed by atoms with Crippen molar-refractivity contribution in [1.82, 2.24) is 30.2 Å². The molecule has 5 rings (SSSR count). The number of hydrogen-bond donors (Lipinski definition) is 1. The molecule has 41 heavy (non-hydrogen) atoms. The molecule has 210 valence electrons. The van der Waals surface area contributed by atoms with E-state index in [1.807, 2.05) is 42.5 Å². The van der Waals surface area contributed by atoms with Crippen LogP contribution in [0.5, 0.6) is 0 Å². The van der Waals surface area contributed by atoms with Gasteiger partial charge in [-0.15, -0.1) is 10.2 Å². The number of H-pyrrole nitrogens is 1. The van der Waals surface area contributed by atoms with E-state index in [0.29, 0.717) is 34.3 Å². The molecule has 0 aliphatic carbocycles. The molecule has 0 amide bonds. The summed E-state index contributed by atoms with van der Waals surface area (Å²) in [6.07, 6.45) is 2.05. The number of carbonyl (C=O) groups is 1. The highest BCUT2D eigenvalue weighted by Gasteiger charge is 2.29. The number of esters is 1. The third-order valence-corrected chi connectivity index (χ3v) is 7.35. The van der Waals surface area contributed by atoms with Gasteiger partial charge in [0.15, 0.2) is 5.15 Å². The summed E-state index contributed by atoms with van der Waals surface area (Å²) >= 11 is 6.88. The van der Waals surface area contributed by atoms with Gasteiger partial charge in [-0.25, -0.2) is 9.78 Å². The van der Waals surface area contributed by atoms with Gasteiger partial charge < -0.3 is 14.0 Å². The molecule has 1 unspecified atom stereocenters. The molecule has 3 aromatic carbocycles. The second kappa shape index (κ2) is 12.9. The molecule has 0 aliphatic rings. The Balaban J connectivity index is 1.66. The van der Waals surface area contributed by atoms with Crippen LogP contribution in [0, 0.1) is 0 Å². The van der Waals surface area contributed by atoms with Gasteiger partial charge in [-0.3, -0.25) is 0 Å². The topological polar surface area (TPSA) is 108 Å². The second-order valence-corrected chi connectivity index (χ2v) is 9.88. The van der Waals surface area contributed by atoms with Crippen molar-refractivity contribution in [2.75, 3.05) is 14.2 Å². The van der Waals surface area contributed by atoms with Crippen LogP contribution in [-0.2, 0) is 22.4 Å². The highest BCUT2D eigenvalue weighted by molar-refractivity contribution is 6.30. The first kappa shape index (κ1) is 28.2. The fraction of sp³-hybridized carbons (Fsp3) is 0.258. The summed E-state index contributed by atoms with van der Waals surface area (Å²) in [4.78, 5) is 17.5. The van der Waals surface area contributed by atoms with Gasteiger partial charge in [0, 0.05) is 31.2 Å². The number of ether oxygens (including phenoxy) is 2. The predicted octanol–water partition coefficient (Wildman–Crippen LogP) is 6.30. The van der Waals surface area contributed by atoms with Gasteiger partial charge in [0.25, 0.3) is 0 Å². The van der Waals surface area contributed by atoms with Gasteiger partial charge in [0.2, 0.25) is 5.82 Å². The Kier molecular flexibility index (Phi) is 8.86. The van der Waals surface area contributed by atoms with Gasteiger partial charge in [0.1, 0.15) is 11.9 Å². The number of aromatic nitrogens is 6.